The van der Waals surface area contributed by atoms with Crippen LogP contribution in [0.5, 0.6) is 0 Å². The molecule has 0 aromatic heterocycles. The average Bonchev–Trinajstić information content (AvgIpc) is 2.28. The molecule has 0 aliphatic heterocycles. The molecule has 0 spiro atoms. The van der Waals surface area contributed by atoms with Crippen molar-refractivity contribution < 1.29 is 40.6 Å². The second kappa shape index (κ2) is 6.13. The molecule has 0 atom stereocenters. The summed E-state index contributed by atoms with van der Waals surface area (Å²) in [5, 5.41) is 8.73. The van der Waals surface area contributed by atoms with Gasteiger partial charge in [0.1, 0.15) is 5.57 Å². The fraction of sp³-hybridized carbons (Fsp3) is 0.636. The number of allylic oxidation sites excluding steroid dienone is 1. The fourth-order valence-electron chi connectivity index (χ4n) is 1.93. The fourth-order valence-corrected chi connectivity index (χ4v) is 1.93. The Bertz CT molecular complexity index is 503. The molecule has 11 heteroatoms. The minimum Gasteiger partial charge on any atom is -0.477 e. The van der Waals surface area contributed by atoms with E-state index in [1.54, 1.807) is 0 Å². The van der Waals surface area contributed by atoms with Gasteiger partial charge in [0.15, 0.2) is 5.71 Å². The summed E-state index contributed by atoms with van der Waals surface area (Å²) in [5.41, 5.74) is -1.32. The van der Waals surface area contributed by atoms with Crippen molar-refractivity contribution >= 4 is 11.7 Å². The minimum atomic E-state index is -5.47. The molecule has 0 radical (unpaired) electrons. The number of carboxylic acid groups (broad SMARTS) is 1. The van der Waals surface area contributed by atoms with Gasteiger partial charge in [-0.25, -0.2) is 22.4 Å². The molecule has 22 heavy (non-hydrogen) atoms. The summed E-state index contributed by atoms with van der Waals surface area (Å²) in [6.07, 6.45) is -10.5. The highest BCUT2D eigenvalue weighted by Gasteiger charge is 2.46. The van der Waals surface area contributed by atoms with E-state index in [0.29, 0.717) is 0 Å². The summed E-state index contributed by atoms with van der Waals surface area (Å²) < 4.78 is 88.2. The van der Waals surface area contributed by atoms with Gasteiger partial charge in [0.2, 0.25) is 5.92 Å². The lowest BCUT2D eigenvalue weighted by Gasteiger charge is -2.33. The SMILES string of the molecule is N/C(=C(\C(=NCC1CC(F)(F)C1)C(=O)O)C(F)(F)F)C(F)F. The van der Waals surface area contributed by atoms with Gasteiger partial charge < -0.3 is 10.8 Å². The van der Waals surface area contributed by atoms with Crippen LogP contribution in [0, 0.1) is 5.92 Å². The number of hydrogen-bond donors (Lipinski definition) is 2. The lowest BCUT2D eigenvalue weighted by Crippen LogP contribution is -2.38. The van der Waals surface area contributed by atoms with Crippen LogP contribution in [0.15, 0.2) is 16.3 Å². The van der Waals surface area contributed by atoms with Gasteiger partial charge in [-0.3, -0.25) is 4.99 Å². The highest BCUT2D eigenvalue weighted by molar-refractivity contribution is 6.43. The maximum absolute atomic E-state index is 12.7. The zero-order chi connectivity index (χ0) is 17.3. The van der Waals surface area contributed by atoms with Crippen LogP contribution in [0.1, 0.15) is 12.8 Å². The van der Waals surface area contributed by atoms with Gasteiger partial charge in [-0.1, -0.05) is 0 Å². The van der Waals surface area contributed by atoms with E-state index >= 15 is 0 Å². The molecule has 1 rings (SSSR count). The largest absolute Gasteiger partial charge is 0.477 e. The van der Waals surface area contributed by atoms with E-state index in [9.17, 15) is 35.5 Å². The van der Waals surface area contributed by atoms with Gasteiger partial charge in [-0.05, 0) is 5.92 Å². The molecule has 0 bridgehead atoms. The Morgan fingerprint density at radius 3 is 2.14 bits per heavy atom. The summed E-state index contributed by atoms with van der Waals surface area (Å²) in [6.45, 7) is -0.646. The topological polar surface area (TPSA) is 75.7 Å². The molecule has 0 unspecified atom stereocenters. The molecule has 0 amide bonds. The van der Waals surface area contributed by atoms with Crippen molar-refractivity contribution in [2.75, 3.05) is 6.54 Å². The molecule has 1 aliphatic rings. The minimum absolute atomic E-state index is 0.646. The Morgan fingerprint density at radius 1 is 1.32 bits per heavy atom. The predicted molar refractivity (Wildman–Crippen MR) is 60.9 cm³/mol. The van der Waals surface area contributed by atoms with Gasteiger partial charge in [0.05, 0.1) is 5.70 Å². The number of halogens is 7. The Labute approximate surface area is 119 Å². The molecular formula is C11H11F7N2O2. The number of nitrogens with two attached hydrogens (primary N) is 1. The van der Waals surface area contributed by atoms with Crippen LogP contribution in [0.3, 0.4) is 0 Å². The van der Waals surface area contributed by atoms with Crippen molar-refractivity contribution in [3.8, 4) is 0 Å². The Hall–Kier alpha value is -1.81. The second-order valence-electron chi connectivity index (χ2n) is 4.75. The molecule has 4 nitrogen and oxygen atoms in total. The van der Waals surface area contributed by atoms with Crippen molar-refractivity contribution in [3.63, 3.8) is 0 Å². The number of nitrogens with zero attached hydrogens (tertiary/aromatic N) is 1. The third-order valence-electron chi connectivity index (χ3n) is 2.93. The zero-order valence-electron chi connectivity index (χ0n) is 10.8. The van der Waals surface area contributed by atoms with E-state index < -0.39 is 66.8 Å². The number of aliphatic carboxylic acids is 1. The molecule has 0 aromatic carbocycles. The molecule has 1 aliphatic carbocycles. The van der Waals surface area contributed by atoms with Gasteiger partial charge >= 0.3 is 12.1 Å². The van der Waals surface area contributed by atoms with Gasteiger partial charge in [0.25, 0.3) is 6.43 Å². The van der Waals surface area contributed by atoms with Crippen LogP contribution in [-0.2, 0) is 4.79 Å². The molecule has 1 fully saturated rings. The number of carboxylic acids is 1. The summed E-state index contributed by atoms with van der Waals surface area (Å²) in [5.74, 6) is -6.00. The average molecular weight is 336 g/mol. The van der Waals surface area contributed by atoms with E-state index in [2.05, 4.69) is 10.7 Å². The number of aliphatic imine (C=N–C) groups is 1. The summed E-state index contributed by atoms with van der Waals surface area (Å²) in [6, 6.07) is 0. The van der Waals surface area contributed by atoms with Gasteiger partial charge in [-0.2, -0.15) is 13.2 Å². The molecule has 0 aromatic rings. The molecular weight excluding hydrogens is 325 g/mol. The highest BCUT2D eigenvalue weighted by atomic mass is 19.4. The van der Waals surface area contributed by atoms with Gasteiger partial charge in [0, 0.05) is 19.4 Å². The molecule has 3 N–H and O–H groups in total. The standard InChI is InChI=1S/C11H11F7N2O2/c12-8(13)6(19)5(11(16,17)18)7(9(21)22)20-3-4-1-10(14,15)2-4/h4,8H,1-3,19H2,(H,21,22)/b6-5+,20-7?. The normalized spacial score (nSPS) is 20.6. The molecule has 0 heterocycles. The van der Waals surface area contributed by atoms with Crippen LogP contribution < -0.4 is 5.73 Å². The summed E-state index contributed by atoms with van der Waals surface area (Å²) >= 11 is 0. The lowest BCUT2D eigenvalue weighted by atomic mass is 9.81. The van der Waals surface area contributed by atoms with E-state index in [0.717, 1.165) is 0 Å². The quantitative estimate of drug-likeness (QED) is 0.599. The van der Waals surface area contributed by atoms with Crippen LogP contribution in [0.4, 0.5) is 30.7 Å². The highest BCUT2D eigenvalue weighted by Crippen LogP contribution is 2.42. The van der Waals surface area contributed by atoms with Crippen molar-refractivity contribution in [2.24, 2.45) is 16.6 Å². The molecule has 1 saturated carbocycles. The van der Waals surface area contributed by atoms with E-state index in [1.807, 2.05) is 0 Å². The number of rotatable bonds is 5. The second-order valence-corrected chi connectivity index (χ2v) is 4.75. The van der Waals surface area contributed by atoms with E-state index in [4.69, 9.17) is 5.11 Å². The summed E-state index contributed by atoms with van der Waals surface area (Å²) in [4.78, 5) is 13.9. The molecule has 0 saturated heterocycles. The van der Waals surface area contributed by atoms with Crippen molar-refractivity contribution in [3.05, 3.63) is 11.3 Å². The zero-order valence-corrected chi connectivity index (χ0v) is 10.8. The van der Waals surface area contributed by atoms with E-state index in [1.165, 1.54) is 0 Å². The number of alkyl halides is 7. The first-order chi connectivity index (χ1) is 9.85. The Kier molecular flexibility index (Phi) is 5.08. The Balaban J connectivity index is 3.11. The predicted octanol–water partition coefficient (Wildman–Crippen LogP) is 2.60. The van der Waals surface area contributed by atoms with Crippen LogP contribution >= 0.6 is 0 Å². The number of hydrogen-bond acceptors (Lipinski definition) is 3. The van der Waals surface area contributed by atoms with Crippen molar-refractivity contribution in [2.45, 2.75) is 31.4 Å². The van der Waals surface area contributed by atoms with E-state index in [-0.39, 0.29) is 0 Å². The van der Waals surface area contributed by atoms with Gasteiger partial charge in [-0.15, -0.1) is 0 Å². The molecule has 126 valence electrons. The monoisotopic (exact) mass is 336 g/mol. The first kappa shape index (κ1) is 18.2. The smallest absolute Gasteiger partial charge is 0.420 e. The van der Waals surface area contributed by atoms with Crippen molar-refractivity contribution in [1.82, 2.24) is 0 Å². The maximum atomic E-state index is 12.7. The third kappa shape index (κ3) is 4.34. The lowest BCUT2D eigenvalue weighted by molar-refractivity contribution is -0.130. The summed E-state index contributed by atoms with van der Waals surface area (Å²) in [7, 11) is 0. The van der Waals surface area contributed by atoms with Crippen LogP contribution in [0.2, 0.25) is 0 Å². The maximum Gasteiger partial charge on any atom is 0.420 e. The Morgan fingerprint density at radius 2 is 1.82 bits per heavy atom. The van der Waals surface area contributed by atoms with Crippen LogP contribution in [-0.4, -0.2) is 41.9 Å². The first-order valence-corrected chi connectivity index (χ1v) is 5.86. The first-order valence-electron chi connectivity index (χ1n) is 5.86. The third-order valence-corrected chi connectivity index (χ3v) is 2.93. The van der Waals surface area contributed by atoms with Crippen LogP contribution in [0.25, 0.3) is 0 Å². The number of carbonyl (C=O) groups is 1. The van der Waals surface area contributed by atoms with Crippen molar-refractivity contribution in [1.29, 1.82) is 0 Å².